The second-order valence-corrected chi connectivity index (χ2v) is 6.23. The molecule has 2 aromatic rings. The van der Waals surface area contributed by atoms with Gasteiger partial charge >= 0.3 is 0 Å². The van der Waals surface area contributed by atoms with Gasteiger partial charge in [-0.25, -0.2) is 0 Å². The standard InChI is InChI=1S/C13H17ClN4/c1-12(2,14)16-17-13(3,4)18-9-10-7-5-6-8-11(10)15-18/h5-9H,1-4H3/p+1. The van der Waals surface area contributed by atoms with Crippen molar-refractivity contribution in [1.29, 1.82) is 0 Å². The van der Waals surface area contributed by atoms with Crippen LogP contribution in [-0.2, 0) is 5.66 Å². The summed E-state index contributed by atoms with van der Waals surface area (Å²) < 4.78 is 1.93. The topological polar surface area (TPSA) is 44.4 Å². The van der Waals surface area contributed by atoms with Crippen molar-refractivity contribution in [3.8, 4) is 0 Å². The van der Waals surface area contributed by atoms with Crippen LogP contribution in [-0.4, -0.2) is 10.1 Å². The van der Waals surface area contributed by atoms with Gasteiger partial charge in [0.15, 0.2) is 0 Å². The zero-order chi connectivity index (χ0) is 13.4. The van der Waals surface area contributed by atoms with Crippen molar-refractivity contribution >= 4 is 22.5 Å². The van der Waals surface area contributed by atoms with Gasteiger partial charge < -0.3 is 0 Å². The first-order valence-corrected chi connectivity index (χ1v) is 6.29. The summed E-state index contributed by atoms with van der Waals surface area (Å²) in [4.78, 5) is -0.677. The van der Waals surface area contributed by atoms with Crippen molar-refractivity contribution in [1.82, 2.24) is 5.10 Å². The number of hydrogen-bond donors (Lipinski definition) is 1. The van der Waals surface area contributed by atoms with E-state index >= 15 is 0 Å². The molecule has 0 fully saturated rings. The van der Waals surface area contributed by atoms with Gasteiger partial charge in [0.1, 0.15) is 10.5 Å². The summed E-state index contributed by atoms with van der Waals surface area (Å²) in [7, 11) is 0. The minimum absolute atomic E-state index is 0.495. The molecule has 0 radical (unpaired) electrons. The van der Waals surface area contributed by atoms with E-state index in [1.54, 1.807) is 0 Å². The van der Waals surface area contributed by atoms with Gasteiger partial charge in [0.2, 0.25) is 6.20 Å². The van der Waals surface area contributed by atoms with Crippen molar-refractivity contribution in [3.05, 3.63) is 30.5 Å². The molecule has 0 aliphatic heterocycles. The molecule has 18 heavy (non-hydrogen) atoms. The Bertz CT molecular complexity index is 545. The largest absolute Gasteiger partial charge is 0.295 e. The van der Waals surface area contributed by atoms with E-state index in [4.69, 9.17) is 11.6 Å². The number of nitrogens with zero attached hydrogens (tertiary/aromatic N) is 3. The van der Waals surface area contributed by atoms with Crippen LogP contribution in [0.4, 0.5) is 0 Å². The van der Waals surface area contributed by atoms with Crippen LogP contribution in [0.25, 0.3) is 10.9 Å². The van der Waals surface area contributed by atoms with Crippen LogP contribution in [0.1, 0.15) is 27.7 Å². The van der Waals surface area contributed by atoms with Crippen LogP contribution in [0.15, 0.2) is 40.7 Å². The highest BCUT2D eigenvalue weighted by Gasteiger charge is 2.31. The molecule has 96 valence electrons. The molecule has 0 amide bonds. The molecule has 0 aliphatic carbocycles. The maximum atomic E-state index is 6.03. The Morgan fingerprint density at radius 1 is 1.11 bits per heavy atom. The Balaban J connectivity index is 2.37. The Morgan fingerprint density at radius 3 is 2.39 bits per heavy atom. The summed E-state index contributed by atoms with van der Waals surface area (Å²) in [5.41, 5.74) is 0.580. The molecule has 0 aliphatic rings. The lowest BCUT2D eigenvalue weighted by molar-refractivity contribution is -0.803. The lowest BCUT2D eigenvalue weighted by Gasteiger charge is -2.13. The number of H-pyrrole nitrogens is 1. The molecule has 1 aromatic carbocycles. The van der Waals surface area contributed by atoms with E-state index in [0.29, 0.717) is 0 Å². The summed E-state index contributed by atoms with van der Waals surface area (Å²) >= 11 is 6.03. The van der Waals surface area contributed by atoms with E-state index in [9.17, 15) is 0 Å². The van der Waals surface area contributed by atoms with Crippen LogP contribution in [0.5, 0.6) is 0 Å². The lowest BCUT2D eigenvalue weighted by atomic mass is 10.2. The SMILES string of the molecule is CC(C)(Cl)N=NC(C)(C)[n+]1cc2ccccc2[nH]1. The molecule has 0 unspecified atom stereocenters. The Labute approximate surface area is 112 Å². The summed E-state index contributed by atoms with van der Waals surface area (Å²) in [6.07, 6.45) is 2.02. The number of aromatic amines is 1. The van der Waals surface area contributed by atoms with E-state index in [-0.39, 0.29) is 0 Å². The number of hydrogen-bond acceptors (Lipinski definition) is 2. The number of azo groups is 1. The first-order valence-electron chi connectivity index (χ1n) is 5.91. The molecule has 5 heteroatoms. The molecule has 0 bridgehead atoms. The van der Waals surface area contributed by atoms with Crippen LogP contribution in [0.2, 0.25) is 0 Å². The van der Waals surface area contributed by atoms with Gasteiger partial charge in [0, 0.05) is 13.8 Å². The maximum absolute atomic E-state index is 6.03. The van der Waals surface area contributed by atoms with Crippen molar-refractivity contribution in [2.24, 2.45) is 10.2 Å². The second-order valence-electron chi connectivity index (χ2n) is 5.30. The third-order valence-corrected chi connectivity index (χ3v) is 2.67. The average Bonchev–Trinajstić information content (AvgIpc) is 2.70. The average molecular weight is 266 g/mol. The monoisotopic (exact) mass is 265 g/mol. The van der Waals surface area contributed by atoms with E-state index in [1.165, 1.54) is 0 Å². The predicted molar refractivity (Wildman–Crippen MR) is 72.6 cm³/mol. The smallest absolute Gasteiger partial charge is 0.165 e. The van der Waals surface area contributed by atoms with Gasteiger partial charge in [-0.2, -0.15) is 10.2 Å². The van der Waals surface area contributed by atoms with Gasteiger partial charge in [0.25, 0.3) is 5.66 Å². The molecule has 4 nitrogen and oxygen atoms in total. The molecule has 1 N–H and O–H groups in total. The first-order chi connectivity index (χ1) is 8.28. The number of halogens is 1. The van der Waals surface area contributed by atoms with Crippen molar-refractivity contribution in [2.45, 2.75) is 38.4 Å². The number of aromatic nitrogens is 2. The number of nitrogens with one attached hydrogen (secondary N) is 1. The highest BCUT2D eigenvalue weighted by Crippen LogP contribution is 2.19. The number of para-hydroxylation sites is 1. The molecule has 0 spiro atoms. The predicted octanol–water partition coefficient (Wildman–Crippen LogP) is 3.58. The highest BCUT2D eigenvalue weighted by atomic mass is 35.5. The quantitative estimate of drug-likeness (QED) is 0.382. The zero-order valence-electron chi connectivity index (χ0n) is 11.1. The molecular formula is C13H18ClN4+. The summed E-state index contributed by atoms with van der Waals surface area (Å²) in [5.74, 6) is 0. The fraction of sp³-hybridized carbons (Fsp3) is 0.462. The van der Waals surface area contributed by atoms with E-state index < -0.39 is 10.7 Å². The number of benzene rings is 1. The van der Waals surface area contributed by atoms with Crippen molar-refractivity contribution in [2.75, 3.05) is 0 Å². The molecule has 0 saturated carbocycles. The fourth-order valence-electron chi connectivity index (χ4n) is 1.60. The summed E-state index contributed by atoms with van der Waals surface area (Å²) in [6, 6.07) is 8.10. The Morgan fingerprint density at radius 2 is 1.78 bits per heavy atom. The fourth-order valence-corrected chi connectivity index (χ4v) is 1.63. The first kappa shape index (κ1) is 13.0. The van der Waals surface area contributed by atoms with Crippen LogP contribution < -0.4 is 4.68 Å². The minimum atomic E-state index is -0.677. The number of rotatable bonds is 3. The zero-order valence-corrected chi connectivity index (χ0v) is 11.9. The van der Waals surface area contributed by atoms with Crippen molar-refractivity contribution in [3.63, 3.8) is 0 Å². The van der Waals surface area contributed by atoms with Gasteiger partial charge in [-0.05, 0) is 26.0 Å². The normalized spacial score (nSPS) is 13.6. The Hall–Kier alpha value is -1.42. The van der Waals surface area contributed by atoms with E-state index in [1.807, 2.05) is 56.8 Å². The third-order valence-electron chi connectivity index (χ3n) is 2.59. The van der Waals surface area contributed by atoms with Crippen LogP contribution in [0.3, 0.4) is 0 Å². The van der Waals surface area contributed by atoms with Gasteiger partial charge in [0.05, 0.1) is 5.39 Å². The van der Waals surface area contributed by atoms with E-state index in [2.05, 4.69) is 21.4 Å². The highest BCUT2D eigenvalue weighted by molar-refractivity contribution is 6.23. The van der Waals surface area contributed by atoms with E-state index in [0.717, 1.165) is 10.9 Å². The lowest BCUT2D eigenvalue weighted by Crippen LogP contribution is -2.52. The molecular weight excluding hydrogens is 248 g/mol. The number of fused-ring (bicyclic) bond motifs is 1. The minimum Gasteiger partial charge on any atom is -0.165 e. The number of alkyl halides is 1. The molecule has 0 saturated heterocycles. The van der Waals surface area contributed by atoms with Gasteiger partial charge in [-0.1, -0.05) is 28.4 Å². The van der Waals surface area contributed by atoms with Crippen molar-refractivity contribution < 1.29 is 4.68 Å². The summed E-state index contributed by atoms with van der Waals surface area (Å²) in [6.45, 7) is 7.58. The molecule has 1 aromatic heterocycles. The van der Waals surface area contributed by atoms with Crippen LogP contribution >= 0.6 is 11.6 Å². The van der Waals surface area contributed by atoms with Gasteiger partial charge in [-0.3, -0.25) is 0 Å². The Kier molecular flexibility index (Phi) is 3.15. The van der Waals surface area contributed by atoms with Gasteiger partial charge in [-0.15, -0.1) is 5.11 Å². The molecule has 1 heterocycles. The molecule has 2 rings (SSSR count). The maximum Gasteiger partial charge on any atom is 0.295 e. The summed E-state index contributed by atoms with van der Waals surface area (Å²) in [5, 5.41) is 12.9. The third kappa shape index (κ3) is 2.88. The molecule has 0 atom stereocenters. The van der Waals surface area contributed by atoms with Crippen LogP contribution in [0, 0.1) is 0 Å². The second kappa shape index (κ2) is 4.35.